The largest absolute Gasteiger partial charge is 0.326 e. The summed E-state index contributed by atoms with van der Waals surface area (Å²) in [7, 11) is -3.45. The summed E-state index contributed by atoms with van der Waals surface area (Å²) in [5.74, 6) is 1.40. The third-order valence-corrected chi connectivity index (χ3v) is 7.87. The van der Waals surface area contributed by atoms with E-state index in [9.17, 15) is 13.2 Å². The summed E-state index contributed by atoms with van der Waals surface area (Å²) in [5.41, 5.74) is 0.660. The number of carbonyl (C=O) groups excluding carboxylic acids is 1. The second-order valence-electron chi connectivity index (χ2n) is 8.01. The summed E-state index contributed by atoms with van der Waals surface area (Å²) in [4.78, 5) is 12.8. The lowest BCUT2D eigenvalue weighted by Crippen LogP contribution is -2.39. The van der Waals surface area contributed by atoms with E-state index in [1.54, 1.807) is 28.6 Å². The van der Waals surface area contributed by atoms with Crippen LogP contribution in [0, 0.1) is 23.7 Å². The van der Waals surface area contributed by atoms with Crippen LogP contribution in [0.4, 0.5) is 5.69 Å². The molecule has 26 heavy (non-hydrogen) atoms. The van der Waals surface area contributed by atoms with E-state index in [0.29, 0.717) is 41.4 Å². The molecule has 0 spiro atoms. The highest BCUT2D eigenvalue weighted by Crippen LogP contribution is 2.43. The first-order chi connectivity index (χ1) is 12.4. The summed E-state index contributed by atoms with van der Waals surface area (Å²) >= 11 is 0. The van der Waals surface area contributed by atoms with Crippen molar-refractivity contribution in [1.29, 1.82) is 0 Å². The first-order valence-corrected chi connectivity index (χ1v) is 11.0. The Labute approximate surface area is 155 Å². The Morgan fingerprint density at radius 2 is 1.92 bits per heavy atom. The van der Waals surface area contributed by atoms with Gasteiger partial charge in [-0.1, -0.05) is 19.1 Å². The average Bonchev–Trinajstić information content (AvgIpc) is 3.25. The molecule has 2 fully saturated rings. The zero-order valence-corrected chi connectivity index (χ0v) is 15.9. The Morgan fingerprint density at radius 3 is 2.54 bits per heavy atom. The number of carbonyl (C=O) groups is 1. The molecule has 6 heteroatoms. The number of allylic oxidation sites excluding steroid dienone is 2. The van der Waals surface area contributed by atoms with Crippen LogP contribution in [0.5, 0.6) is 0 Å². The van der Waals surface area contributed by atoms with Crippen molar-refractivity contribution in [2.45, 2.75) is 37.5 Å². The zero-order chi connectivity index (χ0) is 18.3. The maximum atomic E-state index is 12.8. The topological polar surface area (TPSA) is 66.5 Å². The van der Waals surface area contributed by atoms with Gasteiger partial charge in [-0.3, -0.25) is 4.79 Å². The summed E-state index contributed by atoms with van der Waals surface area (Å²) in [6.45, 7) is 3.26. The fraction of sp³-hybridized carbons (Fsp3) is 0.550. The lowest BCUT2D eigenvalue weighted by molar-refractivity contribution is -0.120. The number of nitrogens with one attached hydrogen (secondary N) is 1. The van der Waals surface area contributed by atoms with Gasteiger partial charge in [0.1, 0.15) is 0 Å². The summed E-state index contributed by atoms with van der Waals surface area (Å²) in [6, 6.07) is 6.60. The third kappa shape index (κ3) is 3.32. The summed E-state index contributed by atoms with van der Waals surface area (Å²) < 4.78 is 27.2. The van der Waals surface area contributed by atoms with Gasteiger partial charge in [0.25, 0.3) is 0 Å². The van der Waals surface area contributed by atoms with E-state index in [1.807, 2.05) is 0 Å². The van der Waals surface area contributed by atoms with Gasteiger partial charge in [0.15, 0.2) is 0 Å². The van der Waals surface area contributed by atoms with Gasteiger partial charge in [0.05, 0.1) is 4.90 Å². The number of piperidine rings is 1. The second kappa shape index (κ2) is 6.82. The van der Waals surface area contributed by atoms with Crippen molar-refractivity contribution in [1.82, 2.24) is 4.31 Å². The molecule has 1 heterocycles. The van der Waals surface area contributed by atoms with Crippen molar-refractivity contribution in [2.75, 3.05) is 18.4 Å². The van der Waals surface area contributed by atoms with Crippen LogP contribution in [0.2, 0.25) is 0 Å². The number of hydrogen-bond acceptors (Lipinski definition) is 3. The highest BCUT2D eigenvalue weighted by molar-refractivity contribution is 7.89. The molecule has 0 unspecified atom stereocenters. The van der Waals surface area contributed by atoms with Crippen molar-refractivity contribution in [3.8, 4) is 0 Å². The van der Waals surface area contributed by atoms with E-state index in [2.05, 4.69) is 24.4 Å². The van der Waals surface area contributed by atoms with Crippen LogP contribution in [-0.4, -0.2) is 31.7 Å². The predicted molar refractivity (Wildman–Crippen MR) is 101 cm³/mol. The maximum Gasteiger partial charge on any atom is 0.243 e. The van der Waals surface area contributed by atoms with Crippen LogP contribution in [0.25, 0.3) is 0 Å². The van der Waals surface area contributed by atoms with Crippen molar-refractivity contribution in [3.05, 3.63) is 36.4 Å². The monoisotopic (exact) mass is 374 g/mol. The van der Waals surface area contributed by atoms with Gasteiger partial charge in [0, 0.05) is 24.7 Å². The minimum Gasteiger partial charge on any atom is -0.326 e. The van der Waals surface area contributed by atoms with Gasteiger partial charge >= 0.3 is 0 Å². The molecule has 3 aliphatic rings. The quantitative estimate of drug-likeness (QED) is 0.823. The molecule has 1 N–H and O–H groups in total. The van der Waals surface area contributed by atoms with E-state index < -0.39 is 10.0 Å². The number of sulfonamides is 1. The average molecular weight is 375 g/mol. The SMILES string of the molecule is C[C@H]1CCCN(S(=O)(=O)c2ccc(NC(=O)[C@@H]3C[C@H]4C=C[C@H]3C4)cc2)C1. The zero-order valence-electron chi connectivity index (χ0n) is 15.1. The van der Waals surface area contributed by atoms with Crippen LogP contribution < -0.4 is 5.32 Å². The molecule has 2 bridgehead atoms. The molecule has 1 saturated carbocycles. The summed E-state index contributed by atoms with van der Waals surface area (Å²) in [5, 5.41) is 2.95. The van der Waals surface area contributed by atoms with Gasteiger partial charge in [-0.25, -0.2) is 8.42 Å². The molecule has 0 radical (unpaired) electrons. The Kier molecular flexibility index (Phi) is 4.65. The van der Waals surface area contributed by atoms with Crippen LogP contribution in [0.3, 0.4) is 0 Å². The molecule has 4 rings (SSSR count). The van der Waals surface area contributed by atoms with Crippen LogP contribution in [0.15, 0.2) is 41.3 Å². The van der Waals surface area contributed by atoms with Gasteiger partial charge in [-0.2, -0.15) is 4.31 Å². The highest BCUT2D eigenvalue weighted by Gasteiger charge is 2.39. The van der Waals surface area contributed by atoms with Gasteiger partial charge in [-0.15, -0.1) is 0 Å². The van der Waals surface area contributed by atoms with Crippen molar-refractivity contribution in [2.24, 2.45) is 23.7 Å². The van der Waals surface area contributed by atoms with Crippen LogP contribution >= 0.6 is 0 Å². The first kappa shape index (κ1) is 17.7. The summed E-state index contributed by atoms with van der Waals surface area (Å²) in [6.07, 6.45) is 8.38. The lowest BCUT2D eigenvalue weighted by Gasteiger charge is -2.30. The second-order valence-corrected chi connectivity index (χ2v) is 9.95. The van der Waals surface area contributed by atoms with Gasteiger partial charge in [0.2, 0.25) is 15.9 Å². The highest BCUT2D eigenvalue weighted by atomic mass is 32.2. The van der Waals surface area contributed by atoms with Crippen molar-refractivity contribution < 1.29 is 13.2 Å². The number of fused-ring (bicyclic) bond motifs is 2. The molecule has 1 aromatic carbocycles. The fourth-order valence-corrected chi connectivity index (χ4v) is 6.14. The Bertz CT molecular complexity index is 816. The van der Waals surface area contributed by atoms with Gasteiger partial charge < -0.3 is 5.32 Å². The molecule has 5 nitrogen and oxygen atoms in total. The number of amides is 1. The molecular weight excluding hydrogens is 348 g/mol. The molecule has 140 valence electrons. The number of rotatable bonds is 4. The van der Waals surface area contributed by atoms with E-state index in [4.69, 9.17) is 0 Å². The molecular formula is C20H26N2O3S. The molecule has 1 aromatic rings. The Morgan fingerprint density at radius 1 is 1.15 bits per heavy atom. The normalized spacial score (nSPS) is 31.3. The van der Waals surface area contributed by atoms with E-state index in [0.717, 1.165) is 25.7 Å². The minimum atomic E-state index is -3.45. The number of anilines is 1. The van der Waals surface area contributed by atoms with E-state index in [-0.39, 0.29) is 11.8 Å². The predicted octanol–water partition coefficient (Wildman–Crippen LogP) is 3.26. The molecule has 1 amide bonds. The van der Waals surface area contributed by atoms with E-state index >= 15 is 0 Å². The van der Waals surface area contributed by atoms with Gasteiger partial charge in [-0.05, 0) is 67.7 Å². The number of benzene rings is 1. The maximum absolute atomic E-state index is 12.8. The molecule has 1 saturated heterocycles. The first-order valence-electron chi connectivity index (χ1n) is 9.53. The van der Waals surface area contributed by atoms with Crippen molar-refractivity contribution >= 4 is 21.6 Å². The molecule has 2 aliphatic carbocycles. The fourth-order valence-electron chi connectivity index (χ4n) is 4.54. The molecule has 4 atom stereocenters. The van der Waals surface area contributed by atoms with Crippen molar-refractivity contribution in [3.63, 3.8) is 0 Å². The number of nitrogens with zero attached hydrogens (tertiary/aromatic N) is 1. The molecule has 1 aliphatic heterocycles. The number of hydrogen-bond donors (Lipinski definition) is 1. The minimum absolute atomic E-state index is 0.0438. The lowest BCUT2D eigenvalue weighted by atomic mass is 9.93. The smallest absolute Gasteiger partial charge is 0.243 e. The van der Waals surface area contributed by atoms with E-state index in [1.165, 1.54) is 0 Å². The third-order valence-electron chi connectivity index (χ3n) is 6.00. The molecule has 0 aromatic heterocycles. The Balaban J connectivity index is 1.43. The standard InChI is InChI=1S/C20H26N2O3S/c1-14-3-2-10-22(13-14)26(24,25)18-8-6-17(7-9-18)21-20(23)19-12-15-4-5-16(19)11-15/h4-9,14-16,19H,2-3,10-13H2,1H3,(H,21,23)/t14-,15-,16-,19+/m0/s1. The Hall–Kier alpha value is -1.66. The van der Waals surface area contributed by atoms with Crippen LogP contribution in [-0.2, 0) is 14.8 Å². The van der Waals surface area contributed by atoms with Crippen LogP contribution in [0.1, 0.15) is 32.6 Å².